The zero-order chi connectivity index (χ0) is 13.2. The molecule has 1 saturated heterocycles. The monoisotopic (exact) mass is 259 g/mol. The number of benzene rings is 1. The molecule has 0 aromatic heterocycles. The highest BCUT2D eigenvalue weighted by Gasteiger charge is 2.31. The number of hydrogen-bond donors (Lipinski definition) is 0. The fourth-order valence-electron chi connectivity index (χ4n) is 1.92. The number of alkyl halides is 3. The SMILES string of the molecule is O=Cc1cc(C(F)(F)F)ccc1N1CCOCC1. The van der Waals surface area contributed by atoms with Crippen LogP contribution in [-0.4, -0.2) is 32.6 Å². The van der Waals surface area contributed by atoms with Gasteiger partial charge in [-0.25, -0.2) is 0 Å². The van der Waals surface area contributed by atoms with E-state index in [1.165, 1.54) is 6.07 Å². The minimum atomic E-state index is -4.43. The summed E-state index contributed by atoms with van der Waals surface area (Å²) in [6, 6.07) is 3.23. The average Bonchev–Trinajstić information content (AvgIpc) is 2.38. The second-order valence-corrected chi connectivity index (χ2v) is 3.99. The number of ether oxygens (including phenoxy) is 1. The Labute approximate surface area is 102 Å². The van der Waals surface area contributed by atoms with Crippen LogP contribution in [0.25, 0.3) is 0 Å². The van der Waals surface area contributed by atoms with E-state index in [4.69, 9.17) is 4.74 Å². The third kappa shape index (κ3) is 2.64. The normalized spacial score (nSPS) is 16.7. The molecule has 3 nitrogen and oxygen atoms in total. The lowest BCUT2D eigenvalue weighted by Gasteiger charge is -2.30. The van der Waals surface area contributed by atoms with Gasteiger partial charge in [0.2, 0.25) is 0 Å². The number of morpholine rings is 1. The molecule has 1 aliphatic rings. The summed E-state index contributed by atoms with van der Waals surface area (Å²) in [7, 11) is 0. The molecular formula is C12H12F3NO2. The maximum Gasteiger partial charge on any atom is 0.416 e. The third-order valence-electron chi connectivity index (χ3n) is 2.83. The zero-order valence-electron chi connectivity index (χ0n) is 9.54. The Morgan fingerprint density at radius 3 is 2.44 bits per heavy atom. The molecule has 2 rings (SSSR count). The summed E-state index contributed by atoms with van der Waals surface area (Å²) >= 11 is 0. The first-order valence-electron chi connectivity index (χ1n) is 5.51. The molecular weight excluding hydrogens is 247 g/mol. The first-order chi connectivity index (χ1) is 8.52. The summed E-state index contributed by atoms with van der Waals surface area (Å²) in [5.74, 6) is 0. The number of nitrogens with zero attached hydrogens (tertiary/aromatic N) is 1. The van der Waals surface area contributed by atoms with Crippen LogP contribution in [0, 0.1) is 0 Å². The summed E-state index contributed by atoms with van der Waals surface area (Å²) < 4.78 is 42.7. The molecule has 0 radical (unpaired) electrons. The van der Waals surface area contributed by atoms with E-state index in [1.807, 2.05) is 4.90 Å². The van der Waals surface area contributed by atoms with E-state index in [0.717, 1.165) is 12.1 Å². The van der Waals surface area contributed by atoms with Crippen molar-refractivity contribution in [3.63, 3.8) is 0 Å². The highest BCUT2D eigenvalue weighted by atomic mass is 19.4. The van der Waals surface area contributed by atoms with Gasteiger partial charge in [-0.15, -0.1) is 0 Å². The summed E-state index contributed by atoms with van der Waals surface area (Å²) in [5, 5.41) is 0. The largest absolute Gasteiger partial charge is 0.416 e. The number of halogens is 3. The van der Waals surface area contributed by atoms with Crippen LogP contribution in [-0.2, 0) is 10.9 Å². The Kier molecular flexibility index (Phi) is 3.56. The van der Waals surface area contributed by atoms with Crippen LogP contribution in [0.2, 0.25) is 0 Å². The first-order valence-corrected chi connectivity index (χ1v) is 5.51. The number of hydrogen-bond acceptors (Lipinski definition) is 3. The van der Waals surface area contributed by atoms with Crippen molar-refractivity contribution in [1.82, 2.24) is 0 Å². The van der Waals surface area contributed by atoms with Gasteiger partial charge in [0.25, 0.3) is 0 Å². The standard InChI is InChI=1S/C12H12F3NO2/c13-12(14,15)10-1-2-11(9(7-10)8-17)16-3-5-18-6-4-16/h1-2,7-8H,3-6H2. The number of rotatable bonds is 2. The Morgan fingerprint density at radius 2 is 1.89 bits per heavy atom. The van der Waals surface area contributed by atoms with Gasteiger partial charge >= 0.3 is 6.18 Å². The molecule has 0 N–H and O–H groups in total. The molecule has 1 heterocycles. The number of aldehydes is 1. The number of anilines is 1. The van der Waals surface area contributed by atoms with Gasteiger partial charge in [-0.2, -0.15) is 13.2 Å². The lowest BCUT2D eigenvalue weighted by atomic mass is 10.1. The van der Waals surface area contributed by atoms with Crippen LogP contribution >= 0.6 is 0 Å². The molecule has 0 unspecified atom stereocenters. The van der Waals surface area contributed by atoms with Crippen molar-refractivity contribution >= 4 is 12.0 Å². The van der Waals surface area contributed by atoms with Crippen molar-refractivity contribution in [2.75, 3.05) is 31.2 Å². The lowest BCUT2D eigenvalue weighted by molar-refractivity contribution is -0.137. The second-order valence-electron chi connectivity index (χ2n) is 3.99. The smallest absolute Gasteiger partial charge is 0.378 e. The molecule has 0 spiro atoms. The summed E-state index contributed by atoms with van der Waals surface area (Å²) in [6.45, 7) is 2.18. The summed E-state index contributed by atoms with van der Waals surface area (Å²) in [6.07, 6.45) is -3.97. The molecule has 0 bridgehead atoms. The van der Waals surface area contributed by atoms with Gasteiger partial charge in [0.05, 0.1) is 18.8 Å². The highest BCUT2D eigenvalue weighted by Crippen LogP contribution is 2.32. The van der Waals surface area contributed by atoms with E-state index < -0.39 is 11.7 Å². The van der Waals surface area contributed by atoms with Gasteiger partial charge < -0.3 is 9.64 Å². The number of carbonyl (C=O) groups excluding carboxylic acids is 1. The Hall–Kier alpha value is -1.56. The van der Waals surface area contributed by atoms with E-state index in [0.29, 0.717) is 38.3 Å². The minimum Gasteiger partial charge on any atom is -0.378 e. The molecule has 6 heteroatoms. The van der Waals surface area contributed by atoms with Crippen LogP contribution in [0.1, 0.15) is 15.9 Å². The van der Waals surface area contributed by atoms with Gasteiger partial charge in [0.1, 0.15) is 0 Å². The topological polar surface area (TPSA) is 29.5 Å². The molecule has 1 aromatic rings. The van der Waals surface area contributed by atoms with Gasteiger partial charge in [-0.05, 0) is 18.2 Å². The summed E-state index contributed by atoms with van der Waals surface area (Å²) in [4.78, 5) is 12.8. The van der Waals surface area contributed by atoms with Crippen LogP contribution < -0.4 is 4.90 Å². The van der Waals surface area contributed by atoms with Crippen molar-refractivity contribution in [2.24, 2.45) is 0 Å². The van der Waals surface area contributed by atoms with Crippen molar-refractivity contribution in [3.8, 4) is 0 Å². The molecule has 1 aromatic carbocycles. The zero-order valence-corrected chi connectivity index (χ0v) is 9.54. The molecule has 18 heavy (non-hydrogen) atoms. The first kappa shape index (κ1) is 12.9. The third-order valence-corrected chi connectivity index (χ3v) is 2.83. The minimum absolute atomic E-state index is 0.0618. The maximum absolute atomic E-state index is 12.5. The number of carbonyl (C=O) groups is 1. The van der Waals surface area contributed by atoms with E-state index >= 15 is 0 Å². The fraction of sp³-hybridized carbons (Fsp3) is 0.417. The van der Waals surface area contributed by atoms with Crippen molar-refractivity contribution in [2.45, 2.75) is 6.18 Å². The fourth-order valence-corrected chi connectivity index (χ4v) is 1.92. The molecule has 0 amide bonds. The van der Waals surface area contributed by atoms with Crippen LogP contribution in [0.5, 0.6) is 0 Å². The molecule has 1 fully saturated rings. The van der Waals surface area contributed by atoms with Crippen LogP contribution in [0.15, 0.2) is 18.2 Å². The second kappa shape index (κ2) is 4.97. The van der Waals surface area contributed by atoms with Crippen LogP contribution in [0.4, 0.5) is 18.9 Å². The van der Waals surface area contributed by atoms with Crippen molar-refractivity contribution in [1.29, 1.82) is 0 Å². The molecule has 1 aliphatic heterocycles. The molecule has 0 saturated carbocycles. The van der Waals surface area contributed by atoms with Gasteiger partial charge in [-0.1, -0.05) is 0 Å². The Bertz CT molecular complexity index is 439. The van der Waals surface area contributed by atoms with Gasteiger partial charge in [-0.3, -0.25) is 4.79 Å². The molecule has 0 atom stereocenters. The Morgan fingerprint density at radius 1 is 1.22 bits per heavy atom. The van der Waals surface area contributed by atoms with Crippen LogP contribution in [0.3, 0.4) is 0 Å². The van der Waals surface area contributed by atoms with Crippen molar-refractivity contribution < 1.29 is 22.7 Å². The lowest BCUT2D eigenvalue weighted by Crippen LogP contribution is -2.36. The summed E-state index contributed by atoms with van der Waals surface area (Å²) in [5.41, 5.74) is -0.213. The van der Waals surface area contributed by atoms with E-state index in [1.54, 1.807) is 0 Å². The van der Waals surface area contributed by atoms with E-state index in [-0.39, 0.29) is 5.56 Å². The van der Waals surface area contributed by atoms with Gasteiger partial charge in [0, 0.05) is 24.3 Å². The predicted octanol–water partition coefficient (Wildman–Crippen LogP) is 2.35. The maximum atomic E-state index is 12.5. The molecule has 98 valence electrons. The molecule has 0 aliphatic carbocycles. The van der Waals surface area contributed by atoms with Crippen molar-refractivity contribution in [3.05, 3.63) is 29.3 Å². The quantitative estimate of drug-likeness (QED) is 0.763. The predicted molar refractivity (Wildman–Crippen MR) is 59.9 cm³/mol. The average molecular weight is 259 g/mol. The van der Waals surface area contributed by atoms with E-state index in [2.05, 4.69) is 0 Å². The Balaban J connectivity index is 2.33. The van der Waals surface area contributed by atoms with E-state index in [9.17, 15) is 18.0 Å². The highest BCUT2D eigenvalue weighted by molar-refractivity contribution is 5.85. The van der Waals surface area contributed by atoms with Gasteiger partial charge in [0.15, 0.2) is 6.29 Å².